The highest BCUT2D eigenvalue weighted by Crippen LogP contribution is 2.39. The highest BCUT2D eigenvalue weighted by atomic mass is 15.0. The molecule has 94 valence electrons. The fourth-order valence-electron chi connectivity index (χ4n) is 3.25. The van der Waals surface area contributed by atoms with E-state index in [1.807, 2.05) is 0 Å². The van der Waals surface area contributed by atoms with Gasteiger partial charge in [0.1, 0.15) is 0 Å². The summed E-state index contributed by atoms with van der Waals surface area (Å²) in [6.45, 7) is 12.3. The Morgan fingerprint density at radius 3 is 2.56 bits per heavy atom. The lowest BCUT2D eigenvalue weighted by molar-refractivity contribution is 0.765. The van der Waals surface area contributed by atoms with Crippen LogP contribution in [0.15, 0.2) is 17.7 Å². The highest BCUT2D eigenvalue weighted by molar-refractivity contribution is 5.90. The lowest BCUT2D eigenvalue weighted by atomic mass is 9.97. The quantitative estimate of drug-likeness (QED) is 0.673. The molecule has 1 nitrogen and oxygen atoms in total. The molecule has 0 radical (unpaired) electrons. The molecule has 0 saturated heterocycles. The topological polar surface area (TPSA) is 4.93 Å². The van der Waals surface area contributed by atoms with Crippen LogP contribution in [0.25, 0.3) is 17.0 Å². The number of hydrogen-bond donors (Lipinski definition) is 0. The summed E-state index contributed by atoms with van der Waals surface area (Å²) < 4.78 is 2.44. The molecule has 18 heavy (non-hydrogen) atoms. The lowest BCUT2D eigenvalue weighted by Gasteiger charge is -2.10. The van der Waals surface area contributed by atoms with Crippen molar-refractivity contribution in [1.29, 1.82) is 0 Å². The normalized spacial score (nSPS) is 18.3. The fraction of sp³-hybridized carbons (Fsp3) is 0.412. The lowest BCUT2D eigenvalue weighted by Crippen LogP contribution is -1.97. The molecule has 0 aliphatic heterocycles. The van der Waals surface area contributed by atoms with Crippen LogP contribution in [0.4, 0.5) is 0 Å². The summed E-state index contributed by atoms with van der Waals surface area (Å²) in [6, 6.07) is 4.79. The summed E-state index contributed by atoms with van der Waals surface area (Å²) in [5.74, 6) is 0.574. The maximum absolute atomic E-state index is 2.44. The van der Waals surface area contributed by atoms with Gasteiger partial charge >= 0.3 is 0 Å². The van der Waals surface area contributed by atoms with Crippen LogP contribution in [0, 0.1) is 13.8 Å². The third kappa shape index (κ3) is 1.33. The number of benzene rings is 1. The Morgan fingerprint density at radius 1 is 1.17 bits per heavy atom. The minimum atomic E-state index is 0.574. The Bertz CT molecular complexity index is 671. The molecule has 1 aliphatic rings. The second-order valence-corrected chi connectivity index (χ2v) is 5.56. The van der Waals surface area contributed by atoms with Crippen molar-refractivity contribution >= 4 is 17.0 Å². The minimum absolute atomic E-state index is 0.574. The van der Waals surface area contributed by atoms with Crippen molar-refractivity contribution in [2.24, 2.45) is 0 Å². The van der Waals surface area contributed by atoms with Gasteiger partial charge in [0.25, 0.3) is 0 Å². The van der Waals surface area contributed by atoms with Crippen LogP contribution >= 0.6 is 0 Å². The smallest absolute Gasteiger partial charge is 0.0488 e. The van der Waals surface area contributed by atoms with Gasteiger partial charge in [0.15, 0.2) is 0 Å². The van der Waals surface area contributed by atoms with Gasteiger partial charge in [-0.05, 0) is 56.5 Å². The number of rotatable bonds is 1. The summed E-state index contributed by atoms with van der Waals surface area (Å²) in [5, 5.41) is 1.42. The van der Waals surface area contributed by atoms with Crippen LogP contribution in [-0.2, 0) is 6.54 Å². The molecule has 0 saturated carbocycles. The molecule has 1 heterocycles. The molecule has 3 rings (SSSR count). The van der Waals surface area contributed by atoms with E-state index >= 15 is 0 Å². The molecule has 0 bridgehead atoms. The molecule has 0 amide bonds. The van der Waals surface area contributed by atoms with Gasteiger partial charge in [-0.1, -0.05) is 18.6 Å². The standard InChI is InChI=1S/C17H21N/c1-6-18-13(5)12(4)16-8-14-7-10(2)11(3)15(14)9-17(16)18/h7-9,11H,6H2,1-5H3/t11-/m1/s1. The van der Waals surface area contributed by atoms with E-state index in [0.29, 0.717) is 5.92 Å². The van der Waals surface area contributed by atoms with Crippen molar-refractivity contribution in [2.45, 2.75) is 47.1 Å². The van der Waals surface area contributed by atoms with Gasteiger partial charge in [-0.2, -0.15) is 0 Å². The average Bonchev–Trinajstić information content (AvgIpc) is 2.76. The monoisotopic (exact) mass is 239 g/mol. The van der Waals surface area contributed by atoms with Gasteiger partial charge in [-0.15, -0.1) is 0 Å². The average molecular weight is 239 g/mol. The molecular weight excluding hydrogens is 218 g/mol. The van der Waals surface area contributed by atoms with E-state index in [4.69, 9.17) is 0 Å². The van der Waals surface area contributed by atoms with Crippen LogP contribution in [0.5, 0.6) is 0 Å². The van der Waals surface area contributed by atoms with Gasteiger partial charge in [0.2, 0.25) is 0 Å². The molecule has 0 unspecified atom stereocenters. The first-order valence-electron chi connectivity index (χ1n) is 6.86. The zero-order chi connectivity index (χ0) is 13.0. The van der Waals surface area contributed by atoms with Crippen molar-refractivity contribution < 1.29 is 0 Å². The number of aryl methyl sites for hydroxylation is 2. The summed E-state index contributed by atoms with van der Waals surface area (Å²) in [4.78, 5) is 0. The Labute approximate surface area is 109 Å². The largest absolute Gasteiger partial charge is 0.345 e. The van der Waals surface area contributed by atoms with Crippen molar-refractivity contribution in [1.82, 2.24) is 4.57 Å². The van der Waals surface area contributed by atoms with Gasteiger partial charge in [0, 0.05) is 29.1 Å². The van der Waals surface area contributed by atoms with Crippen LogP contribution in [-0.4, -0.2) is 4.57 Å². The molecule has 0 spiro atoms. The first kappa shape index (κ1) is 11.6. The minimum Gasteiger partial charge on any atom is -0.345 e. The Kier molecular flexibility index (Phi) is 2.41. The van der Waals surface area contributed by atoms with Gasteiger partial charge < -0.3 is 4.57 Å². The summed E-state index contributed by atoms with van der Waals surface area (Å²) in [5.41, 5.74) is 8.64. The maximum Gasteiger partial charge on any atom is 0.0488 e. The Hall–Kier alpha value is -1.50. The van der Waals surface area contributed by atoms with Crippen LogP contribution in [0.3, 0.4) is 0 Å². The predicted octanol–water partition coefficient (Wildman–Crippen LogP) is 4.80. The summed E-state index contributed by atoms with van der Waals surface area (Å²) >= 11 is 0. The number of allylic oxidation sites excluding steroid dienone is 1. The third-order valence-electron chi connectivity index (χ3n) is 4.69. The Morgan fingerprint density at radius 2 is 1.89 bits per heavy atom. The van der Waals surface area contributed by atoms with Gasteiger partial charge in [-0.3, -0.25) is 0 Å². The molecule has 1 aromatic heterocycles. The molecular formula is C17H21N. The predicted molar refractivity (Wildman–Crippen MR) is 79.2 cm³/mol. The van der Waals surface area contributed by atoms with Crippen molar-refractivity contribution in [2.75, 3.05) is 0 Å². The van der Waals surface area contributed by atoms with Crippen molar-refractivity contribution in [3.8, 4) is 0 Å². The first-order chi connectivity index (χ1) is 8.54. The van der Waals surface area contributed by atoms with E-state index in [1.54, 1.807) is 0 Å². The third-order valence-corrected chi connectivity index (χ3v) is 4.69. The van der Waals surface area contributed by atoms with E-state index in [1.165, 1.54) is 38.9 Å². The molecule has 1 heteroatoms. The van der Waals surface area contributed by atoms with Crippen LogP contribution in [0.2, 0.25) is 0 Å². The molecule has 1 atom stereocenters. The maximum atomic E-state index is 2.44. The van der Waals surface area contributed by atoms with Crippen LogP contribution < -0.4 is 0 Å². The second-order valence-electron chi connectivity index (χ2n) is 5.56. The zero-order valence-electron chi connectivity index (χ0n) is 12.0. The zero-order valence-corrected chi connectivity index (χ0v) is 12.0. The van der Waals surface area contributed by atoms with Crippen molar-refractivity contribution in [3.05, 3.63) is 40.1 Å². The number of nitrogens with zero attached hydrogens (tertiary/aromatic N) is 1. The van der Waals surface area contributed by atoms with E-state index in [9.17, 15) is 0 Å². The SMILES string of the molecule is CCn1c(C)c(C)c2cc3c(cc21)[C@H](C)C(C)=C3. The molecule has 1 aromatic carbocycles. The number of hydrogen-bond acceptors (Lipinski definition) is 0. The second kappa shape index (κ2) is 3.74. The molecule has 1 aliphatic carbocycles. The van der Waals surface area contributed by atoms with Crippen molar-refractivity contribution in [3.63, 3.8) is 0 Å². The first-order valence-corrected chi connectivity index (χ1v) is 6.86. The molecule has 2 aromatic rings. The molecule has 0 fully saturated rings. The summed E-state index contributed by atoms with van der Waals surface area (Å²) in [7, 11) is 0. The summed E-state index contributed by atoms with van der Waals surface area (Å²) in [6.07, 6.45) is 2.34. The highest BCUT2D eigenvalue weighted by Gasteiger charge is 2.21. The van der Waals surface area contributed by atoms with E-state index < -0.39 is 0 Å². The Balaban J connectivity index is 2.37. The van der Waals surface area contributed by atoms with E-state index in [-0.39, 0.29) is 0 Å². The van der Waals surface area contributed by atoms with Crippen LogP contribution in [0.1, 0.15) is 49.1 Å². The van der Waals surface area contributed by atoms with Gasteiger partial charge in [0.05, 0.1) is 0 Å². The fourth-order valence-corrected chi connectivity index (χ4v) is 3.25. The van der Waals surface area contributed by atoms with E-state index in [2.05, 4.69) is 57.4 Å². The van der Waals surface area contributed by atoms with Gasteiger partial charge in [-0.25, -0.2) is 0 Å². The molecule has 0 N–H and O–H groups in total. The number of fused-ring (bicyclic) bond motifs is 2. The van der Waals surface area contributed by atoms with E-state index in [0.717, 1.165) is 6.54 Å². The number of aromatic nitrogens is 1.